The van der Waals surface area contributed by atoms with Crippen molar-refractivity contribution < 1.29 is 14.3 Å². The topological polar surface area (TPSA) is 42.0 Å². The summed E-state index contributed by atoms with van der Waals surface area (Å²) in [7, 11) is 1.65. The van der Waals surface area contributed by atoms with Crippen LogP contribution in [-0.4, -0.2) is 43.8 Å². The van der Waals surface area contributed by atoms with E-state index in [1.165, 1.54) is 19.3 Å². The van der Waals surface area contributed by atoms with E-state index in [9.17, 15) is 4.79 Å². The normalized spacial score (nSPS) is 22.9. The monoisotopic (exact) mass is 400 g/mol. The van der Waals surface area contributed by atoms with Gasteiger partial charge in [0.15, 0.2) is 0 Å². The third-order valence-electron chi connectivity index (χ3n) is 5.51. The molecule has 2 atom stereocenters. The van der Waals surface area contributed by atoms with Crippen molar-refractivity contribution in [3.63, 3.8) is 0 Å². The van der Waals surface area contributed by atoms with Crippen LogP contribution in [0.1, 0.15) is 30.9 Å². The van der Waals surface area contributed by atoms with E-state index in [1.807, 2.05) is 36.4 Å². The number of anilines is 1. The van der Waals surface area contributed by atoms with Crippen LogP contribution in [0.5, 0.6) is 5.75 Å². The van der Waals surface area contributed by atoms with Crippen molar-refractivity contribution in [3.8, 4) is 5.75 Å². The van der Waals surface area contributed by atoms with Gasteiger partial charge in [0.2, 0.25) is 0 Å². The van der Waals surface area contributed by atoms with E-state index in [4.69, 9.17) is 21.1 Å². The van der Waals surface area contributed by atoms with Crippen molar-refractivity contribution in [2.24, 2.45) is 0 Å². The van der Waals surface area contributed by atoms with Gasteiger partial charge in [-0.25, -0.2) is 4.79 Å². The summed E-state index contributed by atoms with van der Waals surface area (Å²) in [5.41, 5.74) is 1.78. The molecule has 28 heavy (non-hydrogen) atoms. The first-order valence-electron chi connectivity index (χ1n) is 9.77. The number of ether oxygens (including phenoxy) is 2. The van der Waals surface area contributed by atoms with Crippen LogP contribution >= 0.6 is 11.6 Å². The summed E-state index contributed by atoms with van der Waals surface area (Å²) in [6.07, 6.45) is 3.11. The summed E-state index contributed by atoms with van der Waals surface area (Å²) >= 11 is 6.05. The van der Waals surface area contributed by atoms with Crippen LogP contribution < -0.4 is 9.64 Å². The molecule has 2 saturated heterocycles. The number of carbonyl (C=O) groups excluding carboxylic acids is 1. The molecule has 0 bridgehead atoms. The van der Waals surface area contributed by atoms with Crippen LogP contribution in [0.15, 0.2) is 48.5 Å². The Kier molecular flexibility index (Phi) is 5.74. The molecule has 2 heterocycles. The number of piperidine rings is 1. The van der Waals surface area contributed by atoms with E-state index in [2.05, 4.69) is 4.90 Å². The van der Waals surface area contributed by atoms with Crippen LogP contribution in [0.2, 0.25) is 5.02 Å². The zero-order chi connectivity index (χ0) is 19.5. The fraction of sp³-hybridized carbons (Fsp3) is 0.409. The van der Waals surface area contributed by atoms with Crippen molar-refractivity contribution in [1.82, 2.24) is 4.90 Å². The predicted octanol–water partition coefficient (Wildman–Crippen LogP) is 4.90. The van der Waals surface area contributed by atoms with Gasteiger partial charge in [0.1, 0.15) is 17.9 Å². The molecule has 5 nitrogen and oxygen atoms in total. The molecule has 0 radical (unpaired) electrons. The third-order valence-corrected chi connectivity index (χ3v) is 5.76. The Morgan fingerprint density at radius 3 is 2.57 bits per heavy atom. The minimum absolute atomic E-state index is 0.217. The van der Waals surface area contributed by atoms with Crippen molar-refractivity contribution in [3.05, 3.63) is 59.1 Å². The Morgan fingerprint density at radius 1 is 1.11 bits per heavy atom. The van der Waals surface area contributed by atoms with E-state index in [-0.39, 0.29) is 18.2 Å². The number of methoxy groups -OCH3 is 1. The Balaban J connectivity index is 1.68. The van der Waals surface area contributed by atoms with E-state index in [0.717, 1.165) is 36.6 Å². The average molecular weight is 401 g/mol. The lowest BCUT2D eigenvalue weighted by Gasteiger charge is -2.31. The highest BCUT2D eigenvalue weighted by atomic mass is 35.5. The van der Waals surface area contributed by atoms with E-state index >= 15 is 0 Å². The van der Waals surface area contributed by atoms with Crippen LogP contribution in [0.4, 0.5) is 10.5 Å². The molecule has 2 aromatic carbocycles. The molecule has 1 amide bonds. The zero-order valence-electron chi connectivity index (χ0n) is 16.0. The van der Waals surface area contributed by atoms with Gasteiger partial charge in [-0.15, -0.1) is 0 Å². The summed E-state index contributed by atoms with van der Waals surface area (Å²) in [5.74, 6) is 0.768. The van der Waals surface area contributed by atoms with Gasteiger partial charge in [-0.3, -0.25) is 9.80 Å². The smallest absolute Gasteiger partial charge is 0.415 e. The Hall–Kier alpha value is -2.24. The lowest BCUT2D eigenvalue weighted by Crippen LogP contribution is -2.39. The molecule has 6 heteroatoms. The standard InChI is InChI=1S/C22H25ClN2O3/c1-27-19-7-5-6-16(14-19)21-20(15-24-12-3-2-4-13-24)28-22(26)25(21)18-10-8-17(23)9-11-18/h5-11,14,20-21H,2-4,12-13,15H2,1H3/t20-,21-/m0/s1. The van der Waals surface area contributed by atoms with Crippen LogP contribution in [-0.2, 0) is 4.74 Å². The van der Waals surface area contributed by atoms with Crippen LogP contribution in [0, 0.1) is 0 Å². The maximum Gasteiger partial charge on any atom is 0.415 e. The molecule has 0 aromatic heterocycles. The van der Waals surface area contributed by atoms with Gasteiger partial charge in [0.05, 0.1) is 7.11 Å². The first kappa shape index (κ1) is 19.1. The average Bonchev–Trinajstić information content (AvgIpc) is 3.05. The first-order chi connectivity index (χ1) is 13.7. The fourth-order valence-electron chi connectivity index (χ4n) is 4.12. The molecule has 0 aliphatic carbocycles. The molecule has 0 saturated carbocycles. The van der Waals surface area contributed by atoms with E-state index in [1.54, 1.807) is 24.1 Å². The molecule has 2 aliphatic rings. The highest BCUT2D eigenvalue weighted by Crippen LogP contribution is 2.39. The summed E-state index contributed by atoms with van der Waals surface area (Å²) in [5, 5.41) is 0.638. The maximum atomic E-state index is 12.9. The number of likely N-dealkylation sites (tertiary alicyclic amines) is 1. The lowest BCUT2D eigenvalue weighted by molar-refractivity contribution is 0.0887. The summed E-state index contributed by atoms with van der Waals surface area (Å²) in [6.45, 7) is 2.84. The van der Waals surface area contributed by atoms with E-state index in [0.29, 0.717) is 5.02 Å². The van der Waals surface area contributed by atoms with Crippen molar-refractivity contribution >= 4 is 23.4 Å². The number of amides is 1. The Bertz CT molecular complexity index is 821. The Labute approximate surface area is 170 Å². The van der Waals surface area contributed by atoms with Crippen LogP contribution in [0.3, 0.4) is 0 Å². The number of benzene rings is 2. The second kappa shape index (κ2) is 8.41. The number of nitrogens with zero attached hydrogens (tertiary/aromatic N) is 2. The van der Waals surface area contributed by atoms with Gasteiger partial charge < -0.3 is 9.47 Å². The van der Waals surface area contributed by atoms with E-state index < -0.39 is 0 Å². The molecule has 2 fully saturated rings. The minimum atomic E-state index is -0.322. The van der Waals surface area contributed by atoms with Gasteiger partial charge >= 0.3 is 6.09 Å². The molecule has 2 aromatic rings. The number of cyclic esters (lactones) is 1. The molecule has 0 spiro atoms. The van der Waals surface area contributed by atoms with Gasteiger partial charge in [-0.05, 0) is 67.9 Å². The number of hydrogen-bond acceptors (Lipinski definition) is 4. The molecule has 0 unspecified atom stereocenters. The quantitative estimate of drug-likeness (QED) is 0.715. The van der Waals surface area contributed by atoms with Gasteiger partial charge in [-0.1, -0.05) is 30.2 Å². The summed E-state index contributed by atoms with van der Waals surface area (Å²) in [4.78, 5) is 17.0. The lowest BCUT2D eigenvalue weighted by atomic mass is 9.98. The van der Waals surface area contributed by atoms with Crippen LogP contribution in [0.25, 0.3) is 0 Å². The van der Waals surface area contributed by atoms with Crippen molar-refractivity contribution in [1.29, 1.82) is 0 Å². The summed E-state index contributed by atoms with van der Waals surface area (Å²) < 4.78 is 11.3. The molecule has 0 N–H and O–H groups in total. The van der Waals surface area contributed by atoms with Gasteiger partial charge in [0.25, 0.3) is 0 Å². The molecule has 148 valence electrons. The van der Waals surface area contributed by atoms with Crippen molar-refractivity contribution in [2.75, 3.05) is 31.6 Å². The highest BCUT2D eigenvalue weighted by Gasteiger charge is 2.44. The molecule has 4 rings (SSSR count). The van der Waals surface area contributed by atoms with Crippen molar-refractivity contribution in [2.45, 2.75) is 31.4 Å². The SMILES string of the molecule is COc1cccc([C@H]2[C@H](CN3CCCCC3)OC(=O)N2c2ccc(Cl)cc2)c1. The van der Waals surface area contributed by atoms with Gasteiger partial charge in [0, 0.05) is 17.3 Å². The number of halogens is 1. The second-order valence-corrected chi connectivity index (χ2v) is 7.79. The second-order valence-electron chi connectivity index (χ2n) is 7.35. The Morgan fingerprint density at radius 2 is 1.86 bits per heavy atom. The first-order valence-corrected chi connectivity index (χ1v) is 10.2. The predicted molar refractivity (Wildman–Crippen MR) is 110 cm³/mol. The third kappa shape index (κ3) is 3.96. The zero-order valence-corrected chi connectivity index (χ0v) is 16.8. The number of hydrogen-bond donors (Lipinski definition) is 0. The minimum Gasteiger partial charge on any atom is -0.497 e. The number of rotatable bonds is 5. The fourth-order valence-corrected chi connectivity index (χ4v) is 4.25. The molecule has 2 aliphatic heterocycles. The summed E-state index contributed by atoms with van der Waals surface area (Å²) in [6, 6.07) is 15.0. The highest BCUT2D eigenvalue weighted by molar-refractivity contribution is 6.30. The largest absolute Gasteiger partial charge is 0.497 e. The molecular formula is C22H25ClN2O3. The van der Waals surface area contributed by atoms with Gasteiger partial charge in [-0.2, -0.15) is 0 Å². The number of carbonyl (C=O) groups is 1. The molecular weight excluding hydrogens is 376 g/mol. The maximum absolute atomic E-state index is 12.9.